The maximum absolute atomic E-state index is 5.59. The van der Waals surface area contributed by atoms with Crippen molar-refractivity contribution in [2.24, 2.45) is 0 Å². The summed E-state index contributed by atoms with van der Waals surface area (Å²) < 4.78 is 5.59. The predicted octanol–water partition coefficient (Wildman–Crippen LogP) is 3.19. The molecule has 2 rings (SSSR count). The van der Waals surface area contributed by atoms with Crippen LogP contribution in [-0.4, -0.2) is 48.3 Å². The van der Waals surface area contributed by atoms with Crippen molar-refractivity contribution >= 4 is 0 Å². The molecular formula is C17H34N2O. The van der Waals surface area contributed by atoms with Gasteiger partial charge in [-0.25, -0.2) is 0 Å². The molecule has 0 radical (unpaired) electrons. The van der Waals surface area contributed by atoms with Gasteiger partial charge < -0.3 is 10.1 Å². The van der Waals surface area contributed by atoms with Gasteiger partial charge in [0.1, 0.15) is 0 Å². The van der Waals surface area contributed by atoms with Gasteiger partial charge in [0.2, 0.25) is 0 Å². The number of hydrogen-bond acceptors (Lipinski definition) is 3. The highest BCUT2D eigenvalue weighted by Crippen LogP contribution is 2.35. The quantitative estimate of drug-likeness (QED) is 0.857. The summed E-state index contributed by atoms with van der Waals surface area (Å²) in [6, 6.07) is 0. The molecule has 3 heteroatoms. The molecular weight excluding hydrogens is 248 g/mol. The van der Waals surface area contributed by atoms with E-state index >= 15 is 0 Å². The van der Waals surface area contributed by atoms with E-state index in [0.29, 0.717) is 5.54 Å². The Bertz CT molecular complexity index is 319. The first-order valence-corrected chi connectivity index (χ1v) is 8.34. The Labute approximate surface area is 125 Å². The summed E-state index contributed by atoms with van der Waals surface area (Å²) in [5, 5.41) is 3.89. The van der Waals surface area contributed by atoms with E-state index in [0.717, 1.165) is 19.5 Å². The molecule has 20 heavy (non-hydrogen) atoms. The Morgan fingerprint density at radius 3 is 2.40 bits per heavy atom. The monoisotopic (exact) mass is 282 g/mol. The van der Waals surface area contributed by atoms with Crippen molar-refractivity contribution in [2.45, 2.75) is 82.9 Å². The Morgan fingerprint density at radius 1 is 1.15 bits per heavy atom. The first-order chi connectivity index (χ1) is 9.29. The summed E-state index contributed by atoms with van der Waals surface area (Å²) >= 11 is 0. The van der Waals surface area contributed by atoms with Crippen LogP contribution >= 0.6 is 0 Å². The molecule has 1 heterocycles. The zero-order valence-corrected chi connectivity index (χ0v) is 14.2. The minimum Gasteiger partial charge on any atom is -0.379 e. The second-order valence-electron chi connectivity index (χ2n) is 8.14. The van der Waals surface area contributed by atoms with Crippen LogP contribution < -0.4 is 5.32 Å². The summed E-state index contributed by atoms with van der Waals surface area (Å²) in [4.78, 5) is 2.70. The highest BCUT2D eigenvalue weighted by Gasteiger charge is 2.43. The van der Waals surface area contributed by atoms with Gasteiger partial charge in [-0.3, -0.25) is 4.90 Å². The molecule has 0 aromatic heterocycles. The third-order valence-corrected chi connectivity index (χ3v) is 5.59. The second-order valence-corrected chi connectivity index (χ2v) is 8.14. The largest absolute Gasteiger partial charge is 0.379 e. The number of piperazine rings is 1. The van der Waals surface area contributed by atoms with Gasteiger partial charge >= 0.3 is 0 Å². The Morgan fingerprint density at radius 2 is 1.80 bits per heavy atom. The fraction of sp³-hybridized carbons (Fsp3) is 1.00. The van der Waals surface area contributed by atoms with E-state index in [-0.39, 0.29) is 11.1 Å². The Balaban J connectivity index is 2.00. The van der Waals surface area contributed by atoms with E-state index in [2.05, 4.69) is 37.9 Å². The fourth-order valence-corrected chi connectivity index (χ4v) is 3.60. The first kappa shape index (κ1) is 16.3. The van der Waals surface area contributed by atoms with Crippen molar-refractivity contribution in [1.82, 2.24) is 10.2 Å². The van der Waals surface area contributed by atoms with E-state index in [1.165, 1.54) is 38.6 Å². The van der Waals surface area contributed by atoms with Crippen LogP contribution in [0, 0.1) is 0 Å². The number of hydrogen-bond donors (Lipinski definition) is 1. The minimum absolute atomic E-state index is 0.0132. The first-order valence-electron chi connectivity index (χ1n) is 8.34. The third-order valence-electron chi connectivity index (χ3n) is 5.59. The zero-order chi connectivity index (χ0) is 14.9. The Hall–Kier alpha value is -0.120. The van der Waals surface area contributed by atoms with Gasteiger partial charge in [-0.2, -0.15) is 0 Å². The molecule has 1 aliphatic heterocycles. The van der Waals surface area contributed by atoms with Crippen molar-refractivity contribution in [2.75, 3.05) is 26.7 Å². The van der Waals surface area contributed by atoms with Gasteiger partial charge in [-0.15, -0.1) is 0 Å². The molecule has 118 valence electrons. The molecule has 0 atom stereocenters. The lowest BCUT2D eigenvalue weighted by Gasteiger charge is -2.54. The zero-order valence-electron chi connectivity index (χ0n) is 14.2. The summed E-state index contributed by atoms with van der Waals surface area (Å²) in [6.07, 6.45) is 8.02. The van der Waals surface area contributed by atoms with Crippen molar-refractivity contribution in [1.29, 1.82) is 0 Å². The van der Waals surface area contributed by atoms with Crippen LogP contribution in [0.4, 0.5) is 0 Å². The van der Waals surface area contributed by atoms with E-state index in [9.17, 15) is 0 Å². The molecule has 0 amide bonds. The van der Waals surface area contributed by atoms with Gasteiger partial charge in [-0.05, 0) is 47.0 Å². The summed E-state index contributed by atoms with van der Waals surface area (Å²) in [5.41, 5.74) is 0.637. The Kier molecular flexibility index (Phi) is 4.83. The van der Waals surface area contributed by atoms with E-state index in [4.69, 9.17) is 4.74 Å². The van der Waals surface area contributed by atoms with Gasteiger partial charge in [-0.1, -0.05) is 19.3 Å². The highest BCUT2D eigenvalue weighted by atomic mass is 16.5. The lowest BCUT2D eigenvalue weighted by Crippen LogP contribution is -2.68. The molecule has 2 aliphatic rings. The van der Waals surface area contributed by atoms with Crippen LogP contribution in [0.25, 0.3) is 0 Å². The van der Waals surface area contributed by atoms with Crippen molar-refractivity contribution in [3.05, 3.63) is 0 Å². The van der Waals surface area contributed by atoms with Crippen LogP contribution in [0.3, 0.4) is 0 Å². The van der Waals surface area contributed by atoms with Gasteiger partial charge in [0, 0.05) is 37.8 Å². The number of nitrogens with one attached hydrogen (secondary N) is 1. The summed E-state index contributed by atoms with van der Waals surface area (Å²) in [6.45, 7) is 12.6. The molecule has 2 fully saturated rings. The number of methoxy groups -OCH3 is 1. The van der Waals surface area contributed by atoms with Crippen molar-refractivity contribution in [3.8, 4) is 0 Å². The number of ether oxygens (including phenoxy) is 1. The lowest BCUT2D eigenvalue weighted by molar-refractivity contribution is -0.0275. The summed E-state index contributed by atoms with van der Waals surface area (Å²) in [5.74, 6) is 0. The second kappa shape index (κ2) is 5.94. The topological polar surface area (TPSA) is 24.5 Å². The molecule has 1 N–H and O–H groups in total. The molecule has 3 nitrogen and oxygen atoms in total. The van der Waals surface area contributed by atoms with Crippen molar-refractivity contribution in [3.63, 3.8) is 0 Å². The maximum atomic E-state index is 5.59. The molecule has 0 aromatic carbocycles. The van der Waals surface area contributed by atoms with Crippen LogP contribution in [0.1, 0.15) is 66.2 Å². The molecule has 0 bridgehead atoms. The van der Waals surface area contributed by atoms with E-state index in [1.807, 2.05) is 7.11 Å². The molecule has 1 aliphatic carbocycles. The van der Waals surface area contributed by atoms with Gasteiger partial charge in [0.25, 0.3) is 0 Å². The van der Waals surface area contributed by atoms with E-state index in [1.54, 1.807) is 0 Å². The third kappa shape index (κ3) is 3.75. The molecule has 1 saturated heterocycles. The predicted molar refractivity (Wildman–Crippen MR) is 85.2 cm³/mol. The normalized spacial score (nSPS) is 26.9. The number of rotatable bonds is 4. The van der Waals surface area contributed by atoms with Gasteiger partial charge in [0.15, 0.2) is 0 Å². The lowest BCUT2D eigenvalue weighted by atomic mass is 9.77. The average Bonchev–Trinajstić information content (AvgIpc) is 2.42. The van der Waals surface area contributed by atoms with Crippen LogP contribution in [0.2, 0.25) is 0 Å². The maximum Gasteiger partial charge on any atom is 0.0634 e. The van der Waals surface area contributed by atoms with Crippen LogP contribution in [0.5, 0.6) is 0 Å². The molecule has 0 aromatic rings. The highest BCUT2D eigenvalue weighted by molar-refractivity contribution is 5.03. The standard InChI is InChI=1S/C17H34N2O/c1-15(2)13-18-17(9-7-6-8-10-17)14-19(15)12-11-16(3,4)20-5/h18H,6-14H2,1-5H3. The number of nitrogens with zero attached hydrogens (tertiary/aromatic N) is 1. The fourth-order valence-electron chi connectivity index (χ4n) is 3.60. The summed E-state index contributed by atoms with van der Waals surface area (Å²) in [7, 11) is 1.82. The van der Waals surface area contributed by atoms with Crippen LogP contribution in [0.15, 0.2) is 0 Å². The molecule has 0 unspecified atom stereocenters. The molecule has 1 saturated carbocycles. The van der Waals surface area contributed by atoms with Crippen molar-refractivity contribution < 1.29 is 4.74 Å². The minimum atomic E-state index is -0.0132. The van der Waals surface area contributed by atoms with Gasteiger partial charge in [0.05, 0.1) is 5.60 Å². The molecule has 1 spiro atoms. The SMILES string of the molecule is COC(C)(C)CCN1CC2(CCCCC2)NCC1(C)C. The van der Waals surface area contributed by atoms with E-state index < -0.39 is 0 Å². The average molecular weight is 282 g/mol. The smallest absolute Gasteiger partial charge is 0.0634 e. The van der Waals surface area contributed by atoms with Crippen LogP contribution in [-0.2, 0) is 4.74 Å².